The van der Waals surface area contributed by atoms with Crippen LogP contribution in [0, 0.1) is 11.3 Å². The van der Waals surface area contributed by atoms with Crippen molar-refractivity contribution >= 4 is 0 Å². The molecule has 1 saturated heterocycles. The predicted molar refractivity (Wildman–Crippen MR) is 57.7 cm³/mol. The number of nitrogens with two attached hydrogens (primary N) is 1. The molecule has 78 valence electrons. The highest BCUT2D eigenvalue weighted by molar-refractivity contribution is 4.84. The molecule has 0 spiro atoms. The van der Waals surface area contributed by atoms with Crippen LogP contribution in [0.4, 0.5) is 0 Å². The largest absolute Gasteiger partial charge is 0.327 e. The van der Waals surface area contributed by atoms with Crippen LogP contribution in [-0.2, 0) is 0 Å². The minimum absolute atomic E-state index is 0.318. The normalized spacial score (nSPS) is 27.9. The standard InChI is InChI=1S/C11H24N2/c1-9(12)7-13-6-5-10(8-13)11(2,3)4/h9-10H,5-8,12H2,1-4H3/t9-,10?/m1/s1. The molecule has 2 atom stereocenters. The molecule has 0 aromatic carbocycles. The molecule has 1 rings (SSSR count). The van der Waals surface area contributed by atoms with Crippen LogP contribution in [0.25, 0.3) is 0 Å². The van der Waals surface area contributed by atoms with Crippen molar-refractivity contribution in [1.29, 1.82) is 0 Å². The average molecular weight is 184 g/mol. The van der Waals surface area contributed by atoms with Crippen molar-refractivity contribution in [2.24, 2.45) is 17.1 Å². The third kappa shape index (κ3) is 3.28. The number of likely N-dealkylation sites (tertiary alicyclic amines) is 1. The highest BCUT2D eigenvalue weighted by Crippen LogP contribution is 2.33. The van der Waals surface area contributed by atoms with Gasteiger partial charge >= 0.3 is 0 Å². The van der Waals surface area contributed by atoms with Gasteiger partial charge in [0.05, 0.1) is 0 Å². The van der Waals surface area contributed by atoms with Crippen LogP contribution in [-0.4, -0.2) is 30.6 Å². The fraction of sp³-hybridized carbons (Fsp3) is 1.00. The highest BCUT2D eigenvalue weighted by Gasteiger charge is 2.31. The second-order valence-electron chi connectivity index (χ2n) is 5.59. The molecule has 0 amide bonds. The van der Waals surface area contributed by atoms with Crippen LogP contribution >= 0.6 is 0 Å². The van der Waals surface area contributed by atoms with Crippen molar-refractivity contribution in [2.75, 3.05) is 19.6 Å². The van der Waals surface area contributed by atoms with Crippen molar-refractivity contribution in [3.8, 4) is 0 Å². The molecule has 1 fully saturated rings. The first kappa shape index (κ1) is 11.0. The van der Waals surface area contributed by atoms with E-state index in [2.05, 4.69) is 32.6 Å². The molecule has 0 aromatic rings. The summed E-state index contributed by atoms with van der Waals surface area (Å²) in [6.45, 7) is 12.7. The number of rotatable bonds is 2. The molecule has 1 heterocycles. The molecule has 2 N–H and O–H groups in total. The van der Waals surface area contributed by atoms with Crippen molar-refractivity contribution in [2.45, 2.75) is 40.2 Å². The van der Waals surface area contributed by atoms with Crippen LogP contribution < -0.4 is 5.73 Å². The number of hydrogen-bond donors (Lipinski definition) is 1. The van der Waals surface area contributed by atoms with Crippen molar-refractivity contribution in [3.05, 3.63) is 0 Å². The van der Waals surface area contributed by atoms with Gasteiger partial charge < -0.3 is 10.6 Å². The van der Waals surface area contributed by atoms with Gasteiger partial charge in [0.25, 0.3) is 0 Å². The summed E-state index contributed by atoms with van der Waals surface area (Å²) in [6.07, 6.45) is 1.34. The Morgan fingerprint density at radius 1 is 1.46 bits per heavy atom. The Labute approximate surface area is 82.5 Å². The molecule has 0 bridgehead atoms. The SMILES string of the molecule is C[C@@H](N)CN1CCC(C(C)(C)C)C1. The molecule has 0 saturated carbocycles. The second kappa shape index (κ2) is 3.97. The Morgan fingerprint density at radius 2 is 2.08 bits per heavy atom. The zero-order chi connectivity index (χ0) is 10.1. The zero-order valence-corrected chi connectivity index (χ0v) is 9.51. The molecule has 1 aliphatic heterocycles. The molecular weight excluding hydrogens is 160 g/mol. The summed E-state index contributed by atoms with van der Waals surface area (Å²) in [4.78, 5) is 2.50. The molecule has 0 aliphatic carbocycles. The van der Waals surface area contributed by atoms with Gasteiger partial charge in [-0.25, -0.2) is 0 Å². The smallest absolute Gasteiger partial charge is 0.0139 e. The summed E-state index contributed by atoms with van der Waals surface area (Å²) in [5.41, 5.74) is 6.25. The van der Waals surface area contributed by atoms with E-state index in [1.165, 1.54) is 19.5 Å². The summed E-state index contributed by atoms with van der Waals surface area (Å²) in [6, 6.07) is 0.318. The lowest BCUT2D eigenvalue weighted by Gasteiger charge is -2.27. The van der Waals surface area contributed by atoms with E-state index in [0.29, 0.717) is 11.5 Å². The summed E-state index contributed by atoms with van der Waals surface area (Å²) in [5, 5.41) is 0. The fourth-order valence-electron chi connectivity index (χ4n) is 2.11. The minimum Gasteiger partial charge on any atom is -0.327 e. The number of hydrogen-bond acceptors (Lipinski definition) is 2. The molecule has 1 unspecified atom stereocenters. The van der Waals surface area contributed by atoms with Crippen LogP contribution in [0.2, 0.25) is 0 Å². The topological polar surface area (TPSA) is 29.3 Å². The van der Waals surface area contributed by atoms with Gasteiger partial charge in [0.1, 0.15) is 0 Å². The summed E-state index contributed by atoms with van der Waals surface area (Å²) >= 11 is 0. The highest BCUT2D eigenvalue weighted by atomic mass is 15.2. The quantitative estimate of drug-likeness (QED) is 0.708. The van der Waals surface area contributed by atoms with Gasteiger partial charge in [0, 0.05) is 19.1 Å². The van der Waals surface area contributed by atoms with E-state index in [0.717, 1.165) is 12.5 Å². The van der Waals surface area contributed by atoms with E-state index in [-0.39, 0.29) is 0 Å². The van der Waals surface area contributed by atoms with E-state index < -0.39 is 0 Å². The minimum atomic E-state index is 0.318. The predicted octanol–water partition coefficient (Wildman–Crippen LogP) is 1.70. The number of nitrogens with zero attached hydrogens (tertiary/aromatic N) is 1. The van der Waals surface area contributed by atoms with Gasteiger partial charge in [-0.1, -0.05) is 20.8 Å². The van der Waals surface area contributed by atoms with Gasteiger partial charge in [-0.15, -0.1) is 0 Å². The second-order valence-corrected chi connectivity index (χ2v) is 5.59. The summed E-state index contributed by atoms with van der Waals surface area (Å²) < 4.78 is 0. The molecule has 0 radical (unpaired) electrons. The van der Waals surface area contributed by atoms with Crippen LogP contribution in [0.5, 0.6) is 0 Å². The maximum absolute atomic E-state index is 5.79. The van der Waals surface area contributed by atoms with Crippen LogP contribution in [0.3, 0.4) is 0 Å². The molecular formula is C11H24N2. The fourth-order valence-corrected chi connectivity index (χ4v) is 2.11. The Balaban J connectivity index is 2.36. The summed E-state index contributed by atoms with van der Waals surface area (Å²) in [7, 11) is 0. The molecule has 2 nitrogen and oxygen atoms in total. The first-order valence-electron chi connectivity index (χ1n) is 5.37. The van der Waals surface area contributed by atoms with E-state index in [4.69, 9.17) is 5.73 Å². The van der Waals surface area contributed by atoms with Gasteiger partial charge in [0.2, 0.25) is 0 Å². The molecule has 1 aliphatic rings. The van der Waals surface area contributed by atoms with E-state index >= 15 is 0 Å². The van der Waals surface area contributed by atoms with Crippen molar-refractivity contribution in [1.82, 2.24) is 4.90 Å². The first-order valence-corrected chi connectivity index (χ1v) is 5.37. The van der Waals surface area contributed by atoms with Gasteiger partial charge in [-0.2, -0.15) is 0 Å². The zero-order valence-electron chi connectivity index (χ0n) is 9.51. The Bertz CT molecular complexity index is 158. The maximum atomic E-state index is 5.79. The van der Waals surface area contributed by atoms with Gasteiger partial charge in [-0.05, 0) is 31.2 Å². The van der Waals surface area contributed by atoms with E-state index in [9.17, 15) is 0 Å². The van der Waals surface area contributed by atoms with Crippen LogP contribution in [0.1, 0.15) is 34.1 Å². The monoisotopic (exact) mass is 184 g/mol. The molecule has 0 aromatic heterocycles. The van der Waals surface area contributed by atoms with Gasteiger partial charge in [-0.3, -0.25) is 0 Å². The Hall–Kier alpha value is -0.0800. The molecule has 2 heteroatoms. The third-order valence-corrected chi connectivity index (χ3v) is 3.04. The van der Waals surface area contributed by atoms with Crippen LogP contribution in [0.15, 0.2) is 0 Å². The third-order valence-electron chi connectivity index (χ3n) is 3.04. The Kier molecular flexibility index (Phi) is 3.36. The van der Waals surface area contributed by atoms with E-state index in [1.54, 1.807) is 0 Å². The van der Waals surface area contributed by atoms with Gasteiger partial charge in [0.15, 0.2) is 0 Å². The Morgan fingerprint density at radius 3 is 2.46 bits per heavy atom. The van der Waals surface area contributed by atoms with Crippen molar-refractivity contribution < 1.29 is 0 Å². The maximum Gasteiger partial charge on any atom is 0.0139 e. The lowest BCUT2D eigenvalue weighted by Crippen LogP contribution is -2.35. The summed E-state index contributed by atoms with van der Waals surface area (Å²) in [5.74, 6) is 0.853. The first-order chi connectivity index (χ1) is 5.89. The molecule has 13 heavy (non-hydrogen) atoms. The van der Waals surface area contributed by atoms with Crippen molar-refractivity contribution in [3.63, 3.8) is 0 Å². The lowest BCUT2D eigenvalue weighted by molar-refractivity contribution is 0.225. The van der Waals surface area contributed by atoms with E-state index in [1.807, 2.05) is 0 Å². The lowest BCUT2D eigenvalue weighted by atomic mass is 9.80. The average Bonchev–Trinajstić information content (AvgIpc) is 2.32.